The van der Waals surface area contributed by atoms with Gasteiger partial charge in [-0.15, -0.1) is 0 Å². The number of nitrogens with one attached hydrogen (secondary N) is 1. The molecule has 0 aliphatic heterocycles. The molecule has 0 amide bonds. The molecule has 0 aliphatic rings. The molecule has 4 aromatic rings. The van der Waals surface area contributed by atoms with E-state index in [9.17, 15) is 0 Å². The van der Waals surface area contributed by atoms with Gasteiger partial charge in [0.05, 0.1) is 43.8 Å². The molecule has 2 heterocycles. The number of ether oxygens (including phenoxy) is 3. The Morgan fingerprint density at radius 2 is 1.54 bits per heavy atom. The first-order valence-corrected chi connectivity index (χ1v) is 8.21. The van der Waals surface area contributed by atoms with E-state index in [1.165, 1.54) is 0 Å². The minimum Gasteiger partial charge on any atom is -0.496 e. The van der Waals surface area contributed by atoms with Crippen molar-refractivity contribution in [3.05, 3.63) is 42.1 Å². The molecule has 2 aromatic heterocycles. The van der Waals surface area contributed by atoms with Crippen molar-refractivity contribution in [2.45, 2.75) is 6.92 Å². The topological polar surface area (TPSA) is 69.3 Å². The molecule has 6 nitrogen and oxygen atoms in total. The quantitative estimate of drug-likeness (QED) is 0.600. The third-order valence-electron chi connectivity index (χ3n) is 4.54. The number of aryl methyl sites for hydroxylation is 1. The Kier molecular flexibility index (Phi) is 3.88. The van der Waals surface area contributed by atoms with Gasteiger partial charge < -0.3 is 14.2 Å². The number of aromatic nitrogens is 3. The fourth-order valence-corrected chi connectivity index (χ4v) is 3.26. The minimum atomic E-state index is 0.638. The van der Waals surface area contributed by atoms with Crippen molar-refractivity contribution in [1.29, 1.82) is 0 Å². The Hall–Kier alpha value is -3.28. The summed E-state index contributed by atoms with van der Waals surface area (Å²) in [5.74, 6) is 1.94. The second-order valence-electron chi connectivity index (χ2n) is 5.95. The minimum absolute atomic E-state index is 0.638. The molecule has 0 saturated heterocycles. The molecule has 0 atom stereocenters. The zero-order valence-electron chi connectivity index (χ0n) is 15.1. The lowest BCUT2D eigenvalue weighted by Crippen LogP contribution is -1.98. The summed E-state index contributed by atoms with van der Waals surface area (Å²) < 4.78 is 16.6. The smallest absolute Gasteiger partial charge is 0.135 e. The molecular formula is C20H19N3O3. The number of fused-ring (bicyclic) bond motifs is 3. The summed E-state index contributed by atoms with van der Waals surface area (Å²) in [7, 11) is 4.87. The first-order valence-electron chi connectivity index (χ1n) is 8.21. The van der Waals surface area contributed by atoms with Gasteiger partial charge in [0.1, 0.15) is 22.8 Å². The predicted octanol–water partition coefficient (Wildman–Crippen LogP) is 4.11. The number of H-pyrrole nitrogens is 1. The highest BCUT2D eigenvalue weighted by molar-refractivity contribution is 6.10. The van der Waals surface area contributed by atoms with Crippen molar-refractivity contribution >= 4 is 21.8 Å². The largest absolute Gasteiger partial charge is 0.496 e. The molecule has 0 saturated carbocycles. The van der Waals surface area contributed by atoms with Crippen LogP contribution < -0.4 is 14.2 Å². The van der Waals surface area contributed by atoms with E-state index in [4.69, 9.17) is 19.2 Å². The highest BCUT2D eigenvalue weighted by Gasteiger charge is 2.21. The van der Waals surface area contributed by atoms with E-state index in [1.54, 1.807) is 21.3 Å². The molecule has 132 valence electrons. The van der Waals surface area contributed by atoms with Crippen molar-refractivity contribution < 1.29 is 14.2 Å². The number of rotatable bonds is 4. The lowest BCUT2D eigenvalue weighted by molar-refractivity contribution is 0.377. The van der Waals surface area contributed by atoms with Crippen LogP contribution in [0, 0.1) is 6.92 Å². The van der Waals surface area contributed by atoms with Crippen LogP contribution in [-0.4, -0.2) is 36.5 Å². The summed E-state index contributed by atoms with van der Waals surface area (Å²) in [5.41, 5.74) is 4.17. The first kappa shape index (κ1) is 16.2. The van der Waals surface area contributed by atoms with Gasteiger partial charge in [-0.3, -0.25) is 5.10 Å². The molecule has 2 aromatic carbocycles. The summed E-state index contributed by atoms with van der Waals surface area (Å²) in [6.45, 7) is 1.94. The Bertz CT molecular complexity index is 1090. The van der Waals surface area contributed by atoms with E-state index in [0.29, 0.717) is 17.2 Å². The van der Waals surface area contributed by atoms with Gasteiger partial charge in [-0.05, 0) is 6.92 Å². The molecular weight excluding hydrogens is 330 g/mol. The van der Waals surface area contributed by atoms with Gasteiger partial charge in [0, 0.05) is 22.9 Å². The van der Waals surface area contributed by atoms with Crippen molar-refractivity contribution in [3.63, 3.8) is 0 Å². The van der Waals surface area contributed by atoms with Crippen LogP contribution in [0.25, 0.3) is 33.1 Å². The maximum Gasteiger partial charge on any atom is 0.135 e. The molecule has 26 heavy (non-hydrogen) atoms. The summed E-state index contributed by atoms with van der Waals surface area (Å²) in [4.78, 5) is 4.91. The zero-order valence-corrected chi connectivity index (χ0v) is 15.1. The lowest BCUT2D eigenvalue weighted by atomic mass is 10.0. The van der Waals surface area contributed by atoms with Crippen LogP contribution in [0.2, 0.25) is 0 Å². The third kappa shape index (κ3) is 2.34. The van der Waals surface area contributed by atoms with Crippen molar-refractivity contribution in [3.8, 4) is 28.5 Å². The van der Waals surface area contributed by atoms with Crippen LogP contribution >= 0.6 is 0 Å². The van der Waals surface area contributed by atoms with Gasteiger partial charge in [0.25, 0.3) is 0 Å². The van der Waals surface area contributed by atoms with Crippen LogP contribution in [0.3, 0.4) is 0 Å². The monoisotopic (exact) mass is 349 g/mol. The number of benzene rings is 2. The number of methoxy groups -OCH3 is 3. The van der Waals surface area contributed by atoms with Gasteiger partial charge in [-0.2, -0.15) is 5.10 Å². The van der Waals surface area contributed by atoms with Crippen molar-refractivity contribution in [2.24, 2.45) is 0 Å². The molecule has 0 aliphatic carbocycles. The molecule has 0 spiro atoms. The van der Waals surface area contributed by atoms with Crippen LogP contribution in [0.4, 0.5) is 0 Å². The van der Waals surface area contributed by atoms with Crippen molar-refractivity contribution in [1.82, 2.24) is 15.2 Å². The lowest BCUT2D eigenvalue weighted by Gasteiger charge is -2.16. The van der Waals surface area contributed by atoms with E-state index in [-0.39, 0.29) is 0 Å². The summed E-state index contributed by atoms with van der Waals surface area (Å²) >= 11 is 0. The Morgan fingerprint density at radius 1 is 0.885 bits per heavy atom. The second-order valence-corrected chi connectivity index (χ2v) is 5.95. The van der Waals surface area contributed by atoms with Crippen LogP contribution in [0.15, 0.2) is 36.4 Å². The van der Waals surface area contributed by atoms with Gasteiger partial charge >= 0.3 is 0 Å². The number of nitrogens with zero attached hydrogens (tertiary/aromatic N) is 2. The highest BCUT2D eigenvalue weighted by atomic mass is 16.5. The number of aromatic amines is 1. The molecule has 6 heteroatoms. The highest BCUT2D eigenvalue weighted by Crippen LogP contribution is 2.44. The van der Waals surface area contributed by atoms with Crippen LogP contribution in [0.5, 0.6) is 17.2 Å². The third-order valence-corrected chi connectivity index (χ3v) is 4.54. The normalized spacial score (nSPS) is 11.1. The maximum absolute atomic E-state index is 5.63. The fraction of sp³-hybridized carbons (Fsp3) is 0.200. The first-order chi connectivity index (χ1) is 12.7. The van der Waals surface area contributed by atoms with E-state index >= 15 is 0 Å². The average Bonchev–Trinajstić information content (AvgIpc) is 3.07. The Balaban J connectivity index is 2.16. The fourth-order valence-electron chi connectivity index (χ4n) is 3.26. The van der Waals surface area contributed by atoms with Gasteiger partial charge in [-0.1, -0.05) is 24.3 Å². The molecule has 0 bridgehead atoms. The van der Waals surface area contributed by atoms with E-state index in [0.717, 1.165) is 38.8 Å². The number of pyridine rings is 1. The van der Waals surface area contributed by atoms with Gasteiger partial charge in [0.15, 0.2) is 0 Å². The van der Waals surface area contributed by atoms with E-state index in [2.05, 4.69) is 16.3 Å². The average molecular weight is 349 g/mol. The van der Waals surface area contributed by atoms with Gasteiger partial charge in [0.2, 0.25) is 0 Å². The van der Waals surface area contributed by atoms with Crippen molar-refractivity contribution in [2.75, 3.05) is 21.3 Å². The van der Waals surface area contributed by atoms with Crippen LogP contribution in [-0.2, 0) is 0 Å². The molecule has 0 fully saturated rings. The van der Waals surface area contributed by atoms with Gasteiger partial charge in [-0.25, -0.2) is 4.98 Å². The molecule has 0 radical (unpaired) electrons. The maximum atomic E-state index is 5.63. The summed E-state index contributed by atoms with van der Waals surface area (Å²) in [6.07, 6.45) is 0. The standard InChI is InChI=1S/C20H19N3O3/c1-11-18-20(23-22-11)14-8-6-5-7-13(14)19(21-18)17-15(25-3)9-12(24-2)10-16(17)26-4/h5-10H,1-4H3,(H,22,23). The zero-order chi connectivity index (χ0) is 18.3. The Morgan fingerprint density at radius 3 is 2.15 bits per heavy atom. The predicted molar refractivity (Wildman–Crippen MR) is 101 cm³/mol. The summed E-state index contributed by atoms with van der Waals surface area (Å²) in [6, 6.07) is 11.8. The Labute approximate surface area is 150 Å². The van der Waals surface area contributed by atoms with Crippen LogP contribution in [0.1, 0.15) is 5.69 Å². The number of hydrogen-bond acceptors (Lipinski definition) is 5. The molecule has 0 unspecified atom stereocenters. The van der Waals surface area contributed by atoms with E-state index < -0.39 is 0 Å². The number of hydrogen-bond donors (Lipinski definition) is 1. The molecule has 4 rings (SSSR count). The second kappa shape index (κ2) is 6.22. The molecule has 1 N–H and O–H groups in total. The summed E-state index contributed by atoms with van der Waals surface area (Å²) in [5, 5.41) is 9.45. The SMILES string of the molecule is COc1cc(OC)c(-c2nc3c(C)n[nH]c3c3ccccc23)c(OC)c1. The van der Waals surface area contributed by atoms with E-state index in [1.807, 2.05) is 37.3 Å².